The Morgan fingerprint density at radius 1 is 0.714 bits per heavy atom. The molecule has 0 bridgehead atoms. The van der Waals surface area contributed by atoms with E-state index in [4.69, 9.17) is 7.58 Å². The molecule has 0 aliphatic rings. The molecule has 4 rings (SSSR count). The van der Waals surface area contributed by atoms with Gasteiger partial charge in [0, 0.05) is 0 Å². The van der Waals surface area contributed by atoms with Gasteiger partial charge in [0.15, 0.2) is 0 Å². The number of benzene rings is 2. The van der Waals surface area contributed by atoms with Gasteiger partial charge in [-0.1, -0.05) is 0 Å². The fraction of sp³-hybridized carbons (Fsp3) is 0.154. The van der Waals surface area contributed by atoms with E-state index in [0.29, 0.717) is 9.75 Å². The summed E-state index contributed by atoms with van der Waals surface area (Å²) < 4.78 is 39.3. The molecule has 2 heterocycles. The molecule has 2 aromatic carbocycles. The summed E-state index contributed by atoms with van der Waals surface area (Å²) in [5, 5.41) is -0.924. The van der Waals surface area contributed by atoms with Gasteiger partial charge in [-0.25, -0.2) is 0 Å². The van der Waals surface area contributed by atoms with Gasteiger partial charge in [-0.05, 0) is 0 Å². The Labute approximate surface area is 216 Å². The van der Waals surface area contributed by atoms with E-state index < -0.39 is 49.9 Å². The van der Waals surface area contributed by atoms with Gasteiger partial charge in [0.2, 0.25) is 0 Å². The Hall–Kier alpha value is -2.83. The second kappa shape index (κ2) is 11.3. The van der Waals surface area contributed by atoms with E-state index in [1.165, 1.54) is 13.8 Å². The van der Waals surface area contributed by atoms with Gasteiger partial charge < -0.3 is 0 Å². The molecule has 0 saturated heterocycles. The molecule has 176 valence electrons. The van der Waals surface area contributed by atoms with Crippen molar-refractivity contribution in [1.82, 2.24) is 0 Å². The third kappa shape index (κ3) is 5.88. The maximum atomic E-state index is 14.5. The summed E-state index contributed by atoms with van der Waals surface area (Å²) in [5.74, 6) is -3.11. The summed E-state index contributed by atoms with van der Waals surface area (Å²) in [7, 11) is 0. The molecule has 2 unspecified atom stereocenters. The standard InChI is InChI=1S/2C13H11FO2S.Al/c2*1-8(13(15)16)10-7-11(17-12(10)14)9-5-3-2-4-6-9;/h2*2-8H,1H3,(H,15,16);/q;;+3/p-2. The molecule has 2 atom stereocenters. The molecule has 0 fully saturated rings. The third-order valence-electron chi connectivity index (χ3n) is 5.51. The van der Waals surface area contributed by atoms with Gasteiger partial charge in [0.05, 0.1) is 0 Å². The van der Waals surface area contributed by atoms with Crippen molar-refractivity contribution >= 4 is 50.5 Å². The molecule has 0 aliphatic carbocycles. The van der Waals surface area contributed by atoms with Gasteiger partial charge in [0.1, 0.15) is 0 Å². The maximum absolute atomic E-state index is 14.5. The van der Waals surface area contributed by atoms with Crippen molar-refractivity contribution in [2.75, 3.05) is 0 Å². The summed E-state index contributed by atoms with van der Waals surface area (Å²) in [6.07, 6.45) is 0. The van der Waals surface area contributed by atoms with Gasteiger partial charge in [-0.15, -0.1) is 0 Å². The Bertz CT molecular complexity index is 1220. The number of hydrogen-bond acceptors (Lipinski definition) is 6. The molecule has 0 saturated carbocycles. The first kappa shape index (κ1) is 25.3. The zero-order valence-corrected chi connectivity index (χ0v) is 21.7. The van der Waals surface area contributed by atoms with Crippen molar-refractivity contribution in [2.45, 2.75) is 25.7 Å². The molecule has 4 nitrogen and oxygen atoms in total. The van der Waals surface area contributed by atoms with Crippen LogP contribution in [0.1, 0.15) is 36.8 Å². The molecule has 0 radical (unpaired) electrons. The van der Waals surface area contributed by atoms with Crippen LogP contribution in [0, 0.1) is 10.3 Å². The molecule has 9 heteroatoms. The monoisotopic (exact) mass is 525 g/mol. The van der Waals surface area contributed by atoms with Gasteiger partial charge >= 0.3 is 217 Å². The van der Waals surface area contributed by atoms with Crippen LogP contribution in [0.4, 0.5) is 8.78 Å². The van der Waals surface area contributed by atoms with Crippen molar-refractivity contribution in [2.24, 2.45) is 0 Å². The average molecular weight is 526 g/mol. The number of carbonyl (C=O) groups is 2. The van der Waals surface area contributed by atoms with E-state index in [2.05, 4.69) is 0 Å². The first-order valence-corrected chi connectivity index (χ1v) is 13.3. The van der Waals surface area contributed by atoms with Crippen LogP contribution in [-0.2, 0) is 17.2 Å². The minimum atomic E-state index is -1.47. The minimum absolute atomic E-state index is 0.228. The van der Waals surface area contributed by atoms with Crippen LogP contribution in [0.2, 0.25) is 0 Å². The first-order valence-electron chi connectivity index (χ1n) is 10.8. The first-order chi connectivity index (χ1) is 16.8. The number of hydrogen-bond donors (Lipinski definition) is 0. The van der Waals surface area contributed by atoms with Crippen LogP contribution in [0.15, 0.2) is 72.8 Å². The van der Waals surface area contributed by atoms with Crippen LogP contribution < -0.4 is 0 Å². The predicted molar refractivity (Wildman–Crippen MR) is 134 cm³/mol. The summed E-state index contributed by atoms with van der Waals surface area (Å²) in [5.41, 5.74) is 2.17. The Morgan fingerprint density at radius 2 is 1.09 bits per heavy atom. The van der Waals surface area contributed by atoms with E-state index in [-0.39, 0.29) is 11.1 Å². The van der Waals surface area contributed by atoms with Crippen molar-refractivity contribution < 1.29 is 25.9 Å². The third-order valence-corrected chi connectivity index (χ3v) is 8.15. The zero-order chi connectivity index (χ0) is 24.9. The molecule has 0 aliphatic heterocycles. The second-order valence-electron chi connectivity index (χ2n) is 7.82. The molecular weight excluding hydrogens is 505 g/mol. The van der Waals surface area contributed by atoms with Crippen molar-refractivity contribution in [3.63, 3.8) is 0 Å². The molecule has 0 amide bonds. The van der Waals surface area contributed by atoms with E-state index in [9.17, 15) is 18.4 Å². The van der Waals surface area contributed by atoms with Gasteiger partial charge in [-0.2, -0.15) is 0 Å². The number of carbonyl (C=O) groups excluding carboxylic acids is 2. The van der Waals surface area contributed by atoms with E-state index in [1.807, 2.05) is 60.7 Å². The summed E-state index contributed by atoms with van der Waals surface area (Å²) in [6.45, 7) is 3.08. The molecule has 0 spiro atoms. The number of rotatable bonds is 8. The molecular formula is C26H20AlF2O4S2+. The molecule has 2 aromatic heterocycles. The van der Waals surface area contributed by atoms with E-state index in [1.54, 1.807) is 12.1 Å². The number of thiophene rings is 2. The van der Waals surface area contributed by atoms with Crippen molar-refractivity contribution in [1.29, 1.82) is 0 Å². The topological polar surface area (TPSA) is 52.6 Å². The molecule has 35 heavy (non-hydrogen) atoms. The molecule has 4 aromatic rings. The van der Waals surface area contributed by atoms with Crippen molar-refractivity contribution in [3.8, 4) is 20.9 Å². The molecule has 0 N–H and O–H groups in total. The Kier molecular flexibility index (Phi) is 8.14. The van der Waals surface area contributed by atoms with E-state index in [0.717, 1.165) is 33.8 Å². The van der Waals surface area contributed by atoms with Gasteiger partial charge in [0.25, 0.3) is 0 Å². The summed E-state index contributed by atoms with van der Waals surface area (Å²) >= 11 is 0.443. The fourth-order valence-electron chi connectivity index (χ4n) is 3.42. The number of halogens is 2. The van der Waals surface area contributed by atoms with Crippen LogP contribution >= 0.6 is 22.7 Å². The van der Waals surface area contributed by atoms with Crippen LogP contribution in [0.5, 0.6) is 0 Å². The Balaban J connectivity index is 1.34. The normalized spacial score (nSPS) is 12.5. The average Bonchev–Trinajstić information content (AvgIpc) is 3.46. The van der Waals surface area contributed by atoms with Crippen LogP contribution in [-0.4, -0.2) is 27.8 Å². The zero-order valence-electron chi connectivity index (χ0n) is 18.9. The quantitative estimate of drug-likeness (QED) is 0.234. The van der Waals surface area contributed by atoms with Crippen molar-refractivity contribution in [3.05, 3.63) is 94.2 Å². The summed E-state index contributed by atoms with van der Waals surface area (Å²) in [4.78, 5) is 26.3. The SMILES string of the molecule is CC(C(=O)[O][Al+][O]C(=O)C(C)c1cc(-c2ccccc2)sc1F)c1cc(-c2ccccc2)sc1F. The van der Waals surface area contributed by atoms with Gasteiger partial charge in [-0.3, -0.25) is 0 Å². The summed E-state index contributed by atoms with van der Waals surface area (Å²) in [6, 6.07) is 21.9. The fourth-order valence-corrected chi connectivity index (χ4v) is 6.04. The van der Waals surface area contributed by atoms with Crippen LogP contribution in [0.25, 0.3) is 20.9 Å². The second-order valence-corrected chi connectivity index (χ2v) is 10.5. The van der Waals surface area contributed by atoms with Crippen LogP contribution in [0.3, 0.4) is 0 Å². The predicted octanol–water partition coefficient (Wildman–Crippen LogP) is 6.95. The Morgan fingerprint density at radius 3 is 1.46 bits per heavy atom. The van der Waals surface area contributed by atoms with E-state index >= 15 is 0 Å².